The van der Waals surface area contributed by atoms with Crippen LogP contribution in [-0.4, -0.2) is 46.2 Å². The van der Waals surface area contributed by atoms with Crippen LogP contribution in [0, 0.1) is 5.92 Å². The van der Waals surface area contributed by atoms with Crippen LogP contribution < -0.4 is 5.32 Å². The summed E-state index contributed by atoms with van der Waals surface area (Å²) in [6, 6.07) is 0. The Morgan fingerprint density at radius 3 is 2.47 bits per heavy atom. The van der Waals surface area contributed by atoms with Crippen molar-refractivity contribution in [1.29, 1.82) is 0 Å². The molecule has 0 aromatic carbocycles. The van der Waals surface area contributed by atoms with Gasteiger partial charge in [0.1, 0.15) is 0 Å². The maximum Gasteiger partial charge on any atom is 0.401 e. The molecular weight excluding hydrogens is 235 g/mol. The standard InChI is InChI=1S/C11H22F3NO2/c1-10(8-15-9-11(12,13)14)4-3-5-17-7-6-16-2/h10,15H,3-9H2,1-2H3. The van der Waals surface area contributed by atoms with E-state index in [1.807, 2.05) is 6.92 Å². The lowest BCUT2D eigenvalue weighted by Crippen LogP contribution is -2.32. The fraction of sp³-hybridized carbons (Fsp3) is 1.00. The van der Waals surface area contributed by atoms with Gasteiger partial charge in [-0.3, -0.25) is 0 Å². The highest BCUT2D eigenvalue weighted by Gasteiger charge is 2.26. The van der Waals surface area contributed by atoms with Crippen molar-refractivity contribution in [2.45, 2.75) is 25.9 Å². The van der Waals surface area contributed by atoms with Crippen molar-refractivity contribution < 1.29 is 22.6 Å². The molecule has 0 aromatic rings. The number of methoxy groups -OCH3 is 1. The largest absolute Gasteiger partial charge is 0.401 e. The van der Waals surface area contributed by atoms with Gasteiger partial charge in [-0.1, -0.05) is 6.92 Å². The zero-order valence-corrected chi connectivity index (χ0v) is 10.5. The lowest BCUT2D eigenvalue weighted by Gasteiger charge is -2.13. The third kappa shape index (κ3) is 13.6. The van der Waals surface area contributed by atoms with E-state index in [1.54, 1.807) is 7.11 Å². The summed E-state index contributed by atoms with van der Waals surface area (Å²) in [6.07, 6.45) is -2.40. The van der Waals surface area contributed by atoms with E-state index < -0.39 is 12.7 Å². The van der Waals surface area contributed by atoms with Crippen LogP contribution in [0.2, 0.25) is 0 Å². The Morgan fingerprint density at radius 2 is 1.88 bits per heavy atom. The van der Waals surface area contributed by atoms with Gasteiger partial charge in [0, 0.05) is 13.7 Å². The number of rotatable bonds is 10. The van der Waals surface area contributed by atoms with Crippen LogP contribution in [-0.2, 0) is 9.47 Å². The van der Waals surface area contributed by atoms with Crippen LogP contribution in [0.4, 0.5) is 13.2 Å². The first-order valence-corrected chi connectivity index (χ1v) is 5.80. The summed E-state index contributed by atoms with van der Waals surface area (Å²) in [5.74, 6) is 0.225. The molecule has 0 saturated heterocycles. The number of hydrogen-bond acceptors (Lipinski definition) is 3. The van der Waals surface area contributed by atoms with Gasteiger partial charge < -0.3 is 14.8 Å². The molecule has 0 aliphatic carbocycles. The molecule has 1 N–H and O–H groups in total. The highest BCUT2D eigenvalue weighted by atomic mass is 19.4. The Balaban J connectivity index is 3.26. The monoisotopic (exact) mass is 257 g/mol. The van der Waals surface area contributed by atoms with Crippen molar-refractivity contribution in [2.24, 2.45) is 5.92 Å². The predicted octanol–water partition coefficient (Wildman–Crippen LogP) is 2.22. The molecule has 0 fully saturated rings. The molecule has 104 valence electrons. The van der Waals surface area contributed by atoms with Gasteiger partial charge >= 0.3 is 6.18 Å². The van der Waals surface area contributed by atoms with Crippen LogP contribution in [0.15, 0.2) is 0 Å². The van der Waals surface area contributed by atoms with E-state index in [2.05, 4.69) is 5.32 Å². The Bertz CT molecular complexity index is 177. The van der Waals surface area contributed by atoms with Crippen LogP contribution in [0.1, 0.15) is 19.8 Å². The van der Waals surface area contributed by atoms with Gasteiger partial charge in [0.2, 0.25) is 0 Å². The molecule has 0 heterocycles. The molecule has 0 aliphatic rings. The second kappa shape index (κ2) is 9.67. The Hall–Kier alpha value is -0.330. The van der Waals surface area contributed by atoms with E-state index >= 15 is 0 Å². The molecule has 6 heteroatoms. The number of ether oxygens (including phenoxy) is 2. The summed E-state index contributed by atoms with van der Waals surface area (Å²) < 4.78 is 45.6. The summed E-state index contributed by atoms with van der Waals surface area (Å²) in [7, 11) is 1.61. The molecule has 0 rings (SSSR count). The molecule has 0 bridgehead atoms. The van der Waals surface area contributed by atoms with Gasteiger partial charge in [0.05, 0.1) is 19.8 Å². The van der Waals surface area contributed by atoms with Crippen molar-refractivity contribution in [3.8, 4) is 0 Å². The number of alkyl halides is 3. The molecule has 1 atom stereocenters. The first-order valence-electron chi connectivity index (χ1n) is 5.80. The van der Waals surface area contributed by atoms with Gasteiger partial charge in [-0.05, 0) is 25.3 Å². The molecule has 0 amide bonds. The number of halogens is 3. The van der Waals surface area contributed by atoms with Gasteiger partial charge in [0.15, 0.2) is 0 Å². The summed E-state index contributed by atoms with van der Waals surface area (Å²) in [6.45, 7) is 3.17. The normalized spacial score (nSPS) is 13.9. The SMILES string of the molecule is COCCOCCCC(C)CNCC(F)(F)F. The molecular formula is C11H22F3NO2. The average molecular weight is 257 g/mol. The Labute approximate surface area is 101 Å². The average Bonchev–Trinajstić information content (AvgIpc) is 2.21. The smallest absolute Gasteiger partial charge is 0.382 e. The molecule has 0 aromatic heterocycles. The fourth-order valence-corrected chi connectivity index (χ4v) is 1.34. The second-order valence-electron chi connectivity index (χ2n) is 4.10. The van der Waals surface area contributed by atoms with Crippen LogP contribution >= 0.6 is 0 Å². The third-order valence-electron chi connectivity index (χ3n) is 2.24. The van der Waals surface area contributed by atoms with Gasteiger partial charge in [-0.15, -0.1) is 0 Å². The minimum atomic E-state index is -4.12. The first-order chi connectivity index (χ1) is 7.95. The molecule has 0 radical (unpaired) electrons. The van der Waals surface area contributed by atoms with Gasteiger partial charge in [-0.25, -0.2) is 0 Å². The maximum atomic E-state index is 11.8. The van der Waals surface area contributed by atoms with Crippen LogP contribution in [0.25, 0.3) is 0 Å². The number of nitrogens with one attached hydrogen (secondary N) is 1. The fourth-order valence-electron chi connectivity index (χ4n) is 1.34. The van der Waals surface area contributed by atoms with Crippen molar-refractivity contribution in [3.63, 3.8) is 0 Å². The first kappa shape index (κ1) is 16.7. The zero-order valence-electron chi connectivity index (χ0n) is 10.5. The molecule has 0 saturated carbocycles. The molecule has 0 spiro atoms. The molecule has 1 unspecified atom stereocenters. The zero-order chi connectivity index (χ0) is 13.1. The predicted molar refractivity (Wildman–Crippen MR) is 60.0 cm³/mol. The topological polar surface area (TPSA) is 30.5 Å². The van der Waals surface area contributed by atoms with E-state index in [1.165, 1.54) is 0 Å². The Morgan fingerprint density at radius 1 is 1.18 bits per heavy atom. The maximum absolute atomic E-state index is 11.8. The van der Waals surface area contributed by atoms with Crippen molar-refractivity contribution >= 4 is 0 Å². The van der Waals surface area contributed by atoms with Crippen LogP contribution in [0.3, 0.4) is 0 Å². The molecule has 3 nitrogen and oxygen atoms in total. The van der Waals surface area contributed by atoms with E-state index in [9.17, 15) is 13.2 Å². The van der Waals surface area contributed by atoms with Crippen molar-refractivity contribution in [3.05, 3.63) is 0 Å². The van der Waals surface area contributed by atoms with E-state index in [0.717, 1.165) is 12.8 Å². The van der Waals surface area contributed by atoms with E-state index in [4.69, 9.17) is 9.47 Å². The second-order valence-corrected chi connectivity index (χ2v) is 4.10. The quantitative estimate of drug-likeness (QED) is 0.609. The lowest BCUT2D eigenvalue weighted by molar-refractivity contribution is -0.125. The van der Waals surface area contributed by atoms with Crippen LogP contribution in [0.5, 0.6) is 0 Å². The highest BCUT2D eigenvalue weighted by molar-refractivity contribution is 4.60. The van der Waals surface area contributed by atoms with Crippen molar-refractivity contribution in [1.82, 2.24) is 5.32 Å². The van der Waals surface area contributed by atoms with Gasteiger partial charge in [-0.2, -0.15) is 13.2 Å². The highest BCUT2D eigenvalue weighted by Crippen LogP contribution is 2.12. The minimum absolute atomic E-state index is 0.225. The summed E-state index contributed by atoms with van der Waals surface area (Å²) in [4.78, 5) is 0. The summed E-state index contributed by atoms with van der Waals surface area (Å²) in [5, 5.41) is 2.40. The minimum Gasteiger partial charge on any atom is -0.382 e. The molecule has 0 aliphatic heterocycles. The Kier molecular flexibility index (Phi) is 9.49. The molecule has 17 heavy (non-hydrogen) atoms. The summed E-state index contributed by atoms with van der Waals surface area (Å²) >= 11 is 0. The third-order valence-corrected chi connectivity index (χ3v) is 2.24. The van der Waals surface area contributed by atoms with E-state index in [0.29, 0.717) is 26.4 Å². The lowest BCUT2D eigenvalue weighted by atomic mass is 10.1. The van der Waals surface area contributed by atoms with Gasteiger partial charge in [0.25, 0.3) is 0 Å². The number of hydrogen-bond donors (Lipinski definition) is 1. The van der Waals surface area contributed by atoms with Crippen molar-refractivity contribution in [2.75, 3.05) is 40.0 Å². The summed E-state index contributed by atoms with van der Waals surface area (Å²) in [5.41, 5.74) is 0. The van der Waals surface area contributed by atoms with E-state index in [-0.39, 0.29) is 5.92 Å².